The first kappa shape index (κ1) is 11.4. The molecule has 0 unspecified atom stereocenters. The minimum atomic E-state index is -0.271. The molecule has 0 aliphatic rings. The Kier molecular flexibility index (Phi) is 3.23. The van der Waals surface area contributed by atoms with Crippen molar-refractivity contribution in [2.75, 3.05) is 0 Å². The van der Waals surface area contributed by atoms with Crippen LogP contribution >= 0.6 is 0 Å². The number of aldehydes is 1. The van der Waals surface area contributed by atoms with E-state index in [1.165, 1.54) is 12.1 Å². The van der Waals surface area contributed by atoms with E-state index in [0.717, 1.165) is 11.3 Å². The summed E-state index contributed by atoms with van der Waals surface area (Å²) in [6.45, 7) is 1.81. The Balaban J connectivity index is 2.26. The van der Waals surface area contributed by atoms with Crippen LogP contribution in [0.1, 0.15) is 27.6 Å². The van der Waals surface area contributed by atoms with Crippen LogP contribution in [-0.4, -0.2) is 16.3 Å². The van der Waals surface area contributed by atoms with Gasteiger partial charge in [-0.25, -0.2) is 14.4 Å². The van der Waals surface area contributed by atoms with Gasteiger partial charge in [-0.3, -0.25) is 4.79 Å². The molecule has 1 aromatic heterocycles. The summed E-state index contributed by atoms with van der Waals surface area (Å²) in [5.74, 6) is 0.297. The molecule has 0 fully saturated rings. The molecule has 1 heterocycles. The third-order valence-corrected chi connectivity index (χ3v) is 2.32. The number of rotatable bonds is 3. The maximum Gasteiger partial charge on any atom is 0.168 e. The van der Waals surface area contributed by atoms with Gasteiger partial charge < -0.3 is 0 Å². The number of hydrogen-bond acceptors (Lipinski definition) is 3. The van der Waals surface area contributed by atoms with Crippen molar-refractivity contribution in [2.45, 2.75) is 13.3 Å². The first-order valence-corrected chi connectivity index (χ1v) is 5.21. The van der Waals surface area contributed by atoms with E-state index in [2.05, 4.69) is 9.97 Å². The van der Waals surface area contributed by atoms with Gasteiger partial charge in [0.05, 0.1) is 0 Å². The zero-order valence-corrected chi connectivity index (χ0v) is 9.35. The Morgan fingerprint density at radius 3 is 2.59 bits per heavy atom. The second-order valence-corrected chi connectivity index (χ2v) is 3.77. The van der Waals surface area contributed by atoms with Crippen molar-refractivity contribution in [3.8, 4) is 0 Å². The van der Waals surface area contributed by atoms with Crippen molar-refractivity contribution in [3.63, 3.8) is 0 Å². The van der Waals surface area contributed by atoms with Gasteiger partial charge >= 0.3 is 0 Å². The third kappa shape index (κ3) is 2.93. The molecule has 0 N–H and O–H groups in total. The molecule has 17 heavy (non-hydrogen) atoms. The van der Waals surface area contributed by atoms with Gasteiger partial charge in [0.15, 0.2) is 6.29 Å². The van der Waals surface area contributed by atoms with E-state index < -0.39 is 0 Å². The Labute approximate surface area is 98.3 Å². The van der Waals surface area contributed by atoms with Crippen molar-refractivity contribution >= 4 is 6.29 Å². The van der Waals surface area contributed by atoms with Crippen molar-refractivity contribution in [1.82, 2.24) is 9.97 Å². The molecule has 0 atom stereocenters. The van der Waals surface area contributed by atoms with Crippen LogP contribution in [0.5, 0.6) is 0 Å². The first-order chi connectivity index (χ1) is 8.17. The maximum atomic E-state index is 12.7. The van der Waals surface area contributed by atoms with E-state index in [9.17, 15) is 9.18 Å². The lowest BCUT2D eigenvalue weighted by molar-refractivity contribution is 0.111. The van der Waals surface area contributed by atoms with Gasteiger partial charge in [-0.1, -0.05) is 12.1 Å². The number of halogens is 1. The minimum absolute atomic E-state index is 0.271. The summed E-state index contributed by atoms with van der Waals surface area (Å²) in [4.78, 5) is 19.0. The van der Waals surface area contributed by atoms with Crippen molar-refractivity contribution < 1.29 is 9.18 Å². The lowest BCUT2D eigenvalue weighted by Gasteiger charge is -2.02. The normalized spacial score (nSPS) is 10.2. The van der Waals surface area contributed by atoms with Gasteiger partial charge in [-0.05, 0) is 30.7 Å². The van der Waals surface area contributed by atoms with Crippen LogP contribution in [0, 0.1) is 12.7 Å². The maximum absolute atomic E-state index is 12.7. The van der Waals surface area contributed by atoms with Crippen LogP contribution in [0.15, 0.2) is 30.3 Å². The Morgan fingerprint density at radius 1 is 1.24 bits per heavy atom. The average Bonchev–Trinajstić information content (AvgIpc) is 2.31. The number of aryl methyl sites for hydroxylation is 1. The molecule has 0 aliphatic heterocycles. The van der Waals surface area contributed by atoms with Crippen molar-refractivity contribution in [3.05, 3.63) is 58.9 Å². The zero-order valence-electron chi connectivity index (χ0n) is 9.35. The van der Waals surface area contributed by atoms with Crippen LogP contribution in [0.4, 0.5) is 4.39 Å². The average molecular weight is 230 g/mol. The Bertz CT molecular complexity index is 538. The van der Waals surface area contributed by atoms with Gasteiger partial charge in [-0.2, -0.15) is 0 Å². The highest BCUT2D eigenvalue weighted by atomic mass is 19.1. The lowest BCUT2D eigenvalue weighted by Crippen LogP contribution is -2.01. The van der Waals surface area contributed by atoms with Gasteiger partial charge in [0.2, 0.25) is 0 Å². The molecule has 0 saturated heterocycles. The van der Waals surface area contributed by atoms with Crippen LogP contribution in [0.3, 0.4) is 0 Å². The number of carbonyl (C=O) groups is 1. The van der Waals surface area contributed by atoms with Crippen molar-refractivity contribution in [1.29, 1.82) is 0 Å². The van der Waals surface area contributed by atoms with E-state index in [4.69, 9.17) is 0 Å². The molecule has 0 saturated carbocycles. The summed E-state index contributed by atoms with van der Waals surface area (Å²) in [6.07, 6.45) is 1.19. The first-order valence-electron chi connectivity index (χ1n) is 5.21. The number of aromatic nitrogens is 2. The SMILES string of the molecule is Cc1cc(C=O)nc(Cc2ccc(F)cc2)n1. The van der Waals surface area contributed by atoms with E-state index >= 15 is 0 Å². The highest BCUT2D eigenvalue weighted by Crippen LogP contribution is 2.08. The fourth-order valence-corrected chi connectivity index (χ4v) is 1.58. The standard InChI is InChI=1S/C13H11FN2O/c1-9-6-12(8-17)16-13(15-9)7-10-2-4-11(14)5-3-10/h2-6,8H,7H2,1H3. The molecule has 3 nitrogen and oxygen atoms in total. The molecule has 4 heteroatoms. The molecule has 2 rings (SSSR count). The zero-order chi connectivity index (χ0) is 12.3. The van der Waals surface area contributed by atoms with Gasteiger partial charge in [0, 0.05) is 12.1 Å². The molecule has 0 aliphatic carbocycles. The largest absolute Gasteiger partial charge is 0.296 e. The van der Waals surface area contributed by atoms with Crippen LogP contribution in [-0.2, 0) is 6.42 Å². The highest BCUT2D eigenvalue weighted by Gasteiger charge is 2.03. The van der Waals surface area contributed by atoms with Crippen LogP contribution < -0.4 is 0 Å². The predicted molar refractivity (Wildman–Crippen MR) is 61.4 cm³/mol. The summed E-state index contributed by atoms with van der Waals surface area (Å²) in [7, 11) is 0. The molecule has 0 amide bonds. The van der Waals surface area contributed by atoms with Crippen LogP contribution in [0.2, 0.25) is 0 Å². The molecule has 0 radical (unpaired) electrons. The Morgan fingerprint density at radius 2 is 1.94 bits per heavy atom. The quantitative estimate of drug-likeness (QED) is 0.760. The second-order valence-electron chi connectivity index (χ2n) is 3.77. The minimum Gasteiger partial charge on any atom is -0.296 e. The van der Waals surface area contributed by atoms with E-state index in [-0.39, 0.29) is 5.82 Å². The molecule has 2 aromatic rings. The molecular weight excluding hydrogens is 219 g/mol. The van der Waals surface area contributed by atoms with E-state index in [0.29, 0.717) is 24.2 Å². The third-order valence-electron chi connectivity index (χ3n) is 2.32. The van der Waals surface area contributed by atoms with Gasteiger partial charge in [0.25, 0.3) is 0 Å². The van der Waals surface area contributed by atoms with E-state index in [1.807, 2.05) is 6.92 Å². The molecule has 0 bridgehead atoms. The molecule has 1 aromatic carbocycles. The number of benzene rings is 1. The van der Waals surface area contributed by atoms with Gasteiger partial charge in [0.1, 0.15) is 17.3 Å². The Hall–Kier alpha value is -2.10. The summed E-state index contributed by atoms with van der Waals surface area (Å²) in [5.41, 5.74) is 2.03. The number of hydrogen-bond donors (Lipinski definition) is 0. The lowest BCUT2D eigenvalue weighted by atomic mass is 10.1. The number of carbonyl (C=O) groups excluding carboxylic acids is 1. The highest BCUT2D eigenvalue weighted by molar-refractivity contribution is 5.71. The molecular formula is C13H11FN2O. The summed E-state index contributed by atoms with van der Waals surface area (Å²) in [6, 6.07) is 7.78. The fourth-order valence-electron chi connectivity index (χ4n) is 1.58. The predicted octanol–water partition coefficient (Wildman–Crippen LogP) is 2.33. The fraction of sp³-hybridized carbons (Fsp3) is 0.154. The molecule has 0 spiro atoms. The summed E-state index contributed by atoms with van der Waals surface area (Å²) < 4.78 is 12.7. The van der Waals surface area contributed by atoms with Crippen molar-refractivity contribution in [2.24, 2.45) is 0 Å². The monoisotopic (exact) mass is 230 g/mol. The second kappa shape index (κ2) is 4.82. The molecule has 86 valence electrons. The smallest absolute Gasteiger partial charge is 0.168 e. The summed E-state index contributed by atoms with van der Waals surface area (Å²) in [5, 5.41) is 0. The topological polar surface area (TPSA) is 42.9 Å². The van der Waals surface area contributed by atoms with Crippen LogP contribution in [0.25, 0.3) is 0 Å². The van der Waals surface area contributed by atoms with Gasteiger partial charge in [-0.15, -0.1) is 0 Å². The number of nitrogens with zero attached hydrogens (tertiary/aromatic N) is 2. The summed E-state index contributed by atoms with van der Waals surface area (Å²) >= 11 is 0. The van der Waals surface area contributed by atoms with E-state index in [1.54, 1.807) is 18.2 Å².